The summed E-state index contributed by atoms with van der Waals surface area (Å²) >= 11 is 5.80. The van der Waals surface area contributed by atoms with E-state index in [9.17, 15) is 14.9 Å². The first kappa shape index (κ1) is 19.1. The maximum atomic E-state index is 12.6. The van der Waals surface area contributed by atoms with Gasteiger partial charge in [-0.15, -0.1) is 0 Å². The lowest BCUT2D eigenvalue weighted by atomic mass is 9.96. The lowest BCUT2D eigenvalue weighted by Gasteiger charge is -2.31. The molecule has 2 N–H and O–H groups in total. The molecule has 0 aliphatic carbocycles. The number of nitrogens with zero attached hydrogens (tertiary/aromatic N) is 2. The van der Waals surface area contributed by atoms with Gasteiger partial charge < -0.3 is 15.4 Å². The van der Waals surface area contributed by atoms with E-state index in [1.165, 1.54) is 18.2 Å². The molecule has 8 heteroatoms. The van der Waals surface area contributed by atoms with E-state index >= 15 is 0 Å². The molecule has 3 rings (SSSR count). The molecule has 0 spiro atoms. The number of nitro benzene ring substituents is 1. The van der Waals surface area contributed by atoms with Gasteiger partial charge in [-0.1, -0.05) is 11.6 Å². The summed E-state index contributed by atoms with van der Waals surface area (Å²) in [5.74, 6) is 0.945. The van der Waals surface area contributed by atoms with Crippen LogP contribution in [0.4, 0.5) is 5.69 Å². The zero-order valence-corrected chi connectivity index (χ0v) is 15.4. The third-order valence-electron chi connectivity index (χ3n) is 4.68. The molecule has 1 aliphatic heterocycles. The second-order valence-corrected chi connectivity index (χ2v) is 6.90. The van der Waals surface area contributed by atoms with Crippen LogP contribution in [0.3, 0.4) is 0 Å². The van der Waals surface area contributed by atoms with Crippen LogP contribution in [0.2, 0.25) is 5.02 Å². The van der Waals surface area contributed by atoms with Gasteiger partial charge in [0.05, 0.1) is 4.92 Å². The normalized spacial score (nSPS) is 14.8. The Bertz CT molecular complexity index is 833. The van der Waals surface area contributed by atoms with Crippen LogP contribution in [0, 0.1) is 16.0 Å². The fourth-order valence-corrected chi connectivity index (χ4v) is 3.23. The highest BCUT2D eigenvalue weighted by Gasteiger charge is 2.23. The van der Waals surface area contributed by atoms with Gasteiger partial charge in [-0.3, -0.25) is 14.9 Å². The molecular formula is C19H20ClN3O4. The molecule has 1 heterocycles. The summed E-state index contributed by atoms with van der Waals surface area (Å²) in [7, 11) is 0. The highest BCUT2D eigenvalue weighted by atomic mass is 35.5. The summed E-state index contributed by atoms with van der Waals surface area (Å²) in [5.41, 5.74) is 6.02. The molecule has 7 nitrogen and oxygen atoms in total. The van der Waals surface area contributed by atoms with Crippen molar-refractivity contribution in [3.63, 3.8) is 0 Å². The number of hydrogen-bond donors (Lipinski definition) is 1. The number of amides is 1. The standard InChI is InChI=1S/C19H20ClN3O4/c20-15-3-6-18(17(11-15)23(25)26)27-16-4-1-14(2-5-16)19(24)22-9-7-13(12-21)8-10-22/h1-6,11,13H,7-10,12,21H2. The van der Waals surface area contributed by atoms with Crippen LogP contribution < -0.4 is 10.5 Å². The Morgan fingerprint density at radius 1 is 1.22 bits per heavy atom. The fourth-order valence-electron chi connectivity index (χ4n) is 3.07. The SMILES string of the molecule is NCC1CCN(C(=O)c2ccc(Oc3ccc(Cl)cc3[N+](=O)[O-])cc2)CC1. The summed E-state index contributed by atoms with van der Waals surface area (Å²) < 4.78 is 5.60. The molecule has 142 valence electrons. The lowest BCUT2D eigenvalue weighted by Crippen LogP contribution is -2.40. The second kappa shape index (κ2) is 8.37. The van der Waals surface area contributed by atoms with E-state index < -0.39 is 4.92 Å². The van der Waals surface area contributed by atoms with Crippen molar-refractivity contribution in [2.24, 2.45) is 11.7 Å². The zero-order chi connectivity index (χ0) is 19.4. The molecule has 1 fully saturated rings. The number of hydrogen-bond acceptors (Lipinski definition) is 5. The van der Waals surface area contributed by atoms with Crippen molar-refractivity contribution in [2.45, 2.75) is 12.8 Å². The third-order valence-corrected chi connectivity index (χ3v) is 4.92. The second-order valence-electron chi connectivity index (χ2n) is 6.47. The highest BCUT2D eigenvalue weighted by Crippen LogP contribution is 2.33. The molecule has 27 heavy (non-hydrogen) atoms. The van der Waals surface area contributed by atoms with Gasteiger partial charge in [0, 0.05) is 29.7 Å². The molecule has 0 saturated carbocycles. The van der Waals surface area contributed by atoms with E-state index in [0.29, 0.717) is 36.9 Å². The first-order chi connectivity index (χ1) is 13.0. The van der Waals surface area contributed by atoms with Crippen LogP contribution in [-0.4, -0.2) is 35.4 Å². The number of halogens is 1. The van der Waals surface area contributed by atoms with Gasteiger partial charge in [0.25, 0.3) is 5.91 Å². The number of nitro groups is 1. The Kier molecular flexibility index (Phi) is 5.93. The topological polar surface area (TPSA) is 98.7 Å². The minimum atomic E-state index is -0.552. The number of benzene rings is 2. The van der Waals surface area contributed by atoms with Gasteiger partial charge in [0.1, 0.15) is 5.75 Å². The number of rotatable bonds is 5. The van der Waals surface area contributed by atoms with Crippen LogP contribution in [0.5, 0.6) is 11.5 Å². The monoisotopic (exact) mass is 389 g/mol. The number of carbonyl (C=O) groups is 1. The van der Waals surface area contributed by atoms with Crippen molar-refractivity contribution in [1.82, 2.24) is 4.90 Å². The van der Waals surface area contributed by atoms with Crippen LogP contribution in [0.25, 0.3) is 0 Å². The third kappa shape index (κ3) is 4.56. The minimum absolute atomic E-state index is 0.0329. The molecule has 0 radical (unpaired) electrons. The number of piperidine rings is 1. The molecular weight excluding hydrogens is 370 g/mol. The van der Waals surface area contributed by atoms with Crippen molar-refractivity contribution in [2.75, 3.05) is 19.6 Å². The first-order valence-electron chi connectivity index (χ1n) is 8.69. The summed E-state index contributed by atoms with van der Waals surface area (Å²) in [5, 5.41) is 11.4. The first-order valence-corrected chi connectivity index (χ1v) is 9.07. The van der Waals surface area contributed by atoms with Crippen LogP contribution >= 0.6 is 11.6 Å². The van der Waals surface area contributed by atoms with E-state index in [4.69, 9.17) is 22.1 Å². The smallest absolute Gasteiger partial charge is 0.313 e. The van der Waals surface area contributed by atoms with Crippen molar-refractivity contribution < 1.29 is 14.5 Å². The van der Waals surface area contributed by atoms with Crippen molar-refractivity contribution >= 4 is 23.2 Å². The largest absolute Gasteiger partial charge is 0.450 e. The van der Waals surface area contributed by atoms with Gasteiger partial charge >= 0.3 is 5.69 Å². The number of nitrogens with two attached hydrogens (primary N) is 1. The average Bonchev–Trinajstić information content (AvgIpc) is 2.69. The molecule has 0 aromatic heterocycles. The van der Waals surface area contributed by atoms with E-state index in [1.54, 1.807) is 24.3 Å². The van der Waals surface area contributed by atoms with E-state index in [2.05, 4.69) is 0 Å². The number of carbonyl (C=O) groups excluding carboxylic acids is 1. The van der Waals surface area contributed by atoms with Crippen molar-refractivity contribution in [1.29, 1.82) is 0 Å². The van der Waals surface area contributed by atoms with Gasteiger partial charge in [-0.05, 0) is 61.7 Å². The summed E-state index contributed by atoms with van der Waals surface area (Å²) in [6.45, 7) is 2.07. The Hall–Kier alpha value is -2.64. The van der Waals surface area contributed by atoms with Crippen LogP contribution in [-0.2, 0) is 0 Å². The Morgan fingerprint density at radius 3 is 2.48 bits per heavy atom. The van der Waals surface area contributed by atoms with Crippen LogP contribution in [0.1, 0.15) is 23.2 Å². The summed E-state index contributed by atoms with van der Waals surface area (Å²) in [6.07, 6.45) is 1.84. The Labute approximate surface area is 161 Å². The van der Waals surface area contributed by atoms with E-state index in [1.807, 2.05) is 4.90 Å². The van der Waals surface area contributed by atoms with Gasteiger partial charge in [0.2, 0.25) is 5.75 Å². The lowest BCUT2D eigenvalue weighted by molar-refractivity contribution is -0.385. The minimum Gasteiger partial charge on any atom is -0.450 e. The number of likely N-dealkylation sites (tertiary alicyclic amines) is 1. The number of ether oxygens (including phenoxy) is 1. The predicted octanol–water partition coefficient (Wildman–Crippen LogP) is 3.85. The van der Waals surface area contributed by atoms with Gasteiger partial charge in [-0.2, -0.15) is 0 Å². The summed E-state index contributed by atoms with van der Waals surface area (Å²) in [6, 6.07) is 10.8. The Morgan fingerprint density at radius 2 is 1.89 bits per heavy atom. The molecule has 0 atom stereocenters. The van der Waals surface area contributed by atoms with E-state index in [-0.39, 0.29) is 22.4 Å². The Balaban J connectivity index is 1.69. The predicted molar refractivity (Wildman–Crippen MR) is 102 cm³/mol. The molecule has 0 bridgehead atoms. The average molecular weight is 390 g/mol. The molecule has 2 aromatic carbocycles. The van der Waals surface area contributed by atoms with Gasteiger partial charge in [0.15, 0.2) is 0 Å². The van der Waals surface area contributed by atoms with Gasteiger partial charge in [-0.25, -0.2) is 0 Å². The molecule has 1 saturated heterocycles. The van der Waals surface area contributed by atoms with Crippen molar-refractivity contribution in [3.8, 4) is 11.5 Å². The molecule has 1 aliphatic rings. The molecule has 0 unspecified atom stereocenters. The maximum absolute atomic E-state index is 12.6. The van der Waals surface area contributed by atoms with Crippen LogP contribution in [0.15, 0.2) is 42.5 Å². The quantitative estimate of drug-likeness (QED) is 0.618. The van der Waals surface area contributed by atoms with E-state index in [0.717, 1.165) is 12.8 Å². The molecule has 1 amide bonds. The highest BCUT2D eigenvalue weighted by molar-refractivity contribution is 6.30. The zero-order valence-electron chi connectivity index (χ0n) is 14.6. The molecule has 2 aromatic rings. The van der Waals surface area contributed by atoms with Crippen molar-refractivity contribution in [3.05, 3.63) is 63.2 Å². The summed E-state index contributed by atoms with van der Waals surface area (Å²) in [4.78, 5) is 25.0. The maximum Gasteiger partial charge on any atom is 0.313 e. The fraction of sp³-hybridized carbons (Fsp3) is 0.316.